The maximum Gasteiger partial charge on any atom is 0.337 e. The Labute approximate surface area is 114 Å². The standard InChI is InChI=1S/C14H22N2O3/c1-3-4-8-19-9-7-16(2)13-6-5-11(15)10-12(13)14(17)18/h5-6,10H,3-4,7-9,15H2,1-2H3,(H,17,18). The summed E-state index contributed by atoms with van der Waals surface area (Å²) in [6.45, 7) is 4.09. The predicted octanol–water partition coefficient (Wildman–Crippen LogP) is 2.22. The van der Waals surface area contributed by atoms with Crippen molar-refractivity contribution in [3.05, 3.63) is 23.8 Å². The quantitative estimate of drug-likeness (QED) is 0.557. The molecule has 5 nitrogen and oxygen atoms in total. The van der Waals surface area contributed by atoms with Crippen molar-refractivity contribution in [1.29, 1.82) is 0 Å². The average Bonchev–Trinajstić information content (AvgIpc) is 2.38. The molecule has 0 atom stereocenters. The van der Waals surface area contributed by atoms with E-state index in [1.165, 1.54) is 6.07 Å². The highest BCUT2D eigenvalue weighted by Gasteiger charge is 2.13. The fraction of sp³-hybridized carbons (Fsp3) is 0.500. The molecule has 0 aliphatic rings. The zero-order valence-electron chi connectivity index (χ0n) is 11.6. The van der Waals surface area contributed by atoms with Crippen LogP contribution in [0.15, 0.2) is 18.2 Å². The number of likely N-dealkylation sites (N-methyl/N-ethyl adjacent to an activating group) is 1. The SMILES string of the molecule is CCCCOCCN(C)c1ccc(N)cc1C(=O)O. The number of nitrogen functional groups attached to an aromatic ring is 1. The number of carboxylic acid groups (broad SMARTS) is 1. The molecule has 0 fully saturated rings. The number of nitrogens with two attached hydrogens (primary N) is 1. The van der Waals surface area contributed by atoms with E-state index < -0.39 is 5.97 Å². The van der Waals surface area contributed by atoms with Crippen LogP contribution >= 0.6 is 0 Å². The van der Waals surface area contributed by atoms with Gasteiger partial charge < -0.3 is 20.5 Å². The molecule has 0 amide bonds. The Bertz CT molecular complexity index is 421. The van der Waals surface area contributed by atoms with Crippen molar-refractivity contribution < 1.29 is 14.6 Å². The number of anilines is 2. The number of rotatable bonds is 8. The van der Waals surface area contributed by atoms with Crippen molar-refractivity contribution in [2.24, 2.45) is 0 Å². The van der Waals surface area contributed by atoms with Gasteiger partial charge in [-0.1, -0.05) is 13.3 Å². The van der Waals surface area contributed by atoms with Gasteiger partial charge in [-0.2, -0.15) is 0 Å². The molecule has 1 rings (SSSR count). The summed E-state index contributed by atoms with van der Waals surface area (Å²) >= 11 is 0. The van der Waals surface area contributed by atoms with Crippen LogP contribution in [0, 0.1) is 0 Å². The number of aromatic carboxylic acids is 1. The lowest BCUT2D eigenvalue weighted by Crippen LogP contribution is -2.24. The third kappa shape index (κ3) is 4.79. The molecule has 0 radical (unpaired) electrons. The predicted molar refractivity (Wildman–Crippen MR) is 76.8 cm³/mol. The second kappa shape index (κ2) is 7.63. The van der Waals surface area contributed by atoms with Gasteiger partial charge in [-0.3, -0.25) is 0 Å². The first-order chi connectivity index (χ1) is 9.06. The van der Waals surface area contributed by atoms with E-state index in [4.69, 9.17) is 15.6 Å². The first kappa shape index (κ1) is 15.3. The minimum atomic E-state index is -0.971. The first-order valence-electron chi connectivity index (χ1n) is 6.48. The highest BCUT2D eigenvalue weighted by atomic mass is 16.5. The molecule has 0 unspecified atom stereocenters. The first-order valence-corrected chi connectivity index (χ1v) is 6.48. The van der Waals surface area contributed by atoms with E-state index >= 15 is 0 Å². The van der Waals surface area contributed by atoms with E-state index in [-0.39, 0.29) is 5.56 Å². The van der Waals surface area contributed by atoms with Crippen LogP contribution in [0.1, 0.15) is 30.1 Å². The van der Waals surface area contributed by atoms with Crippen LogP contribution in [0.4, 0.5) is 11.4 Å². The second-order valence-electron chi connectivity index (χ2n) is 4.47. The summed E-state index contributed by atoms with van der Waals surface area (Å²) in [5.74, 6) is -0.971. The van der Waals surface area contributed by atoms with Crippen LogP contribution in [0.5, 0.6) is 0 Å². The van der Waals surface area contributed by atoms with Gasteiger partial charge in [0.25, 0.3) is 0 Å². The topological polar surface area (TPSA) is 75.8 Å². The fourth-order valence-electron chi connectivity index (χ4n) is 1.73. The van der Waals surface area contributed by atoms with Gasteiger partial charge in [0.15, 0.2) is 0 Å². The third-order valence-electron chi connectivity index (χ3n) is 2.88. The molecule has 19 heavy (non-hydrogen) atoms. The third-order valence-corrected chi connectivity index (χ3v) is 2.88. The van der Waals surface area contributed by atoms with Gasteiger partial charge in [-0.05, 0) is 24.6 Å². The highest BCUT2D eigenvalue weighted by Crippen LogP contribution is 2.22. The zero-order chi connectivity index (χ0) is 14.3. The summed E-state index contributed by atoms with van der Waals surface area (Å²) in [6, 6.07) is 4.91. The lowest BCUT2D eigenvalue weighted by Gasteiger charge is -2.21. The minimum absolute atomic E-state index is 0.219. The van der Waals surface area contributed by atoms with Gasteiger partial charge in [0.2, 0.25) is 0 Å². The second-order valence-corrected chi connectivity index (χ2v) is 4.47. The zero-order valence-corrected chi connectivity index (χ0v) is 11.6. The van der Waals surface area contributed by atoms with Gasteiger partial charge in [-0.15, -0.1) is 0 Å². The Morgan fingerprint density at radius 2 is 2.16 bits per heavy atom. The number of nitrogens with zero attached hydrogens (tertiary/aromatic N) is 1. The Morgan fingerprint density at radius 3 is 2.79 bits per heavy atom. The normalized spacial score (nSPS) is 10.4. The van der Waals surface area contributed by atoms with Crippen molar-refractivity contribution >= 4 is 17.3 Å². The molecule has 0 saturated heterocycles. The van der Waals surface area contributed by atoms with Crippen LogP contribution < -0.4 is 10.6 Å². The van der Waals surface area contributed by atoms with Crippen LogP contribution in [0.3, 0.4) is 0 Å². The number of carbonyl (C=O) groups is 1. The van der Waals surface area contributed by atoms with Gasteiger partial charge in [0, 0.05) is 25.9 Å². The molecule has 0 aliphatic heterocycles. The minimum Gasteiger partial charge on any atom is -0.478 e. The molecule has 5 heteroatoms. The largest absolute Gasteiger partial charge is 0.478 e. The Hall–Kier alpha value is -1.75. The van der Waals surface area contributed by atoms with Gasteiger partial charge in [0.1, 0.15) is 0 Å². The van der Waals surface area contributed by atoms with Crippen LogP contribution in [-0.4, -0.2) is 37.9 Å². The summed E-state index contributed by atoms with van der Waals surface area (Å²) in [5.41, 5.74) is 6.94. The molecule has 3 N–H and O–H groups in total. The fourth-order valence-corrected chi connectivity index (χ4v) is 1.73. The monoisotopic (exact) mass is 266 g/mol. The molecule has 0 saturated carbocycles. The van der Waals surface area contributed by atoms with Gasteiger partial charge in [0.05, 0.1) is 17.9 Å². The van der Waals surface area contributed by atoms with E-state index in [0.29, 0.717) is 24.5 Å². The maximum absolute atomic E-state index is 11.2. The van der Waals surface area contributed by atoms with Gasteiger partial charge in [-0.25, -0.2) is 4.79 Å². The van der Waals surface area contributed by atoms with Crippen LogP contribution in [-0.2, 0) is 4.74 Å². The van der Waals surface area contributed by atoms with Crippen LogP contribution in [0.2, 0.25) is 0 Å². The van der Waals surface area contributed by atoms with Crippen molar-refractivity contribution in [3.63, 3.8) is 0 Å². The molecule has 0 bridgehead atoms. The van der Waals surface area contributed by atoms with Crippen LogP contribution in [0.25, 0.3) is 0 Å². The molecule has 0 aliphatic carbocycles. The molecule has 1 aromatic rings. The van der Waals surface area contributed by atoms with E-state index in [2.05, 4.69) is 6.92 Å². The number of hydrogen-bond acceptors (Lipinski definition) is 4. The smallest absolute Gasteiger partial charge is 0.337 e. The van der Waals surface area contributed by atoms with E-state index in [1.807, 2.05) is 11.9 Å². The lowest BCUT2D eigenvalue weighted by atomic mass is 10.1. The van der Waals surface area contributed by atoms with Crippen molar-refractivity contribution in [1.82, 2.24) is 0 Å². The van der Waals surface area contributed by atoms with E-state index in [0.717, 1.165) is 19.4 Å². The summed E-state index contributed by atoms with van der Waals surface area (Å²) in [5, 5.41) is 9.17. The molecule has 0 heterocycles. The summed E-state index contributed by atoms with van der Waals surface area (Å²) in [7, 11) is 1.85. The Balaban J connectivity index is 2.61. The summed E-state index contributed by atoms with van der Waals surface area (Å²) in [6.07, 6.45) is 2.16. The molecular weight excluding hydrogens is 244 g/mol. The maximum atomic E-state index is 11.2. The van der Waals surface area contributed by atoms with Crippen molar-refractivity contribution in [2.45, 2.75) is 19.8 Å². The van der Waals surface area contributed by atoms with Crippen molar-refractivity contribution in [3.8, 4) is 0 Å². The number of carboxylic acids is 1. The van der Waals surface area contributed by atoms with E-state index in [1.54, 1.807) is 12.1 Å². The average molecular weight is 266 g/mol. The van der Waals surface area contributed by atoms with Gasteiger partial charge >= 0.3 is 5.97 Å². The lowest BCUT2D eigenvalue weighted by molar-refractivity contribution is 0.0697. The number of unbranched alkanes of at least 4 members (excludes halogenated alkanes) is 1. The molecule has 0 spiro atoms. The Kier molecular flexibility index (Phi) is 6.15. The van der Waals surface area contributed by atoms with E-state index in [9.17, 15) is 4.79 Å². The molecule has 1 aromatic carbocycles. The highest BCUT2D eigenvalue weighted by molar-refractivity contribution is 5.95. The van der Waals surface area contributed by atoms with Crippen molar-refractivity contribution in [2.75, 3.05) is 37.4 Å². The number of ether oxygens (including phenoxy) is 1. The number of hydrogen-bond donors (Lipinski definition) is 2. The summed E-state index contributed by atoms with van der Waals surface area (Å²) in [4.78, 5) is 13.0. The molecule has 0 aromatic heterocycles. The Morgan fingerprint density at radius 1 is 1.42 bits per heavy atom. The number of benzene rings is 1. The summed E-state index contributed by atoms with van der Waals surface area (Å²) < 4.78 is 5.48. The molecular formula is C14H22N2O3. The molecule has 106 valence electrons.